The van der Waals surface area contributed by atoms with Gasteiger partial charge in [-0.2, -0.15) is 0 Å². The van der Waals surface area contributed by atoms with E-state index in [1.54, 1.807) is 42.2 Å². The topological polar surface area (TPSA) is 93.1 Å². The van der Waals surface area contributed by atoms with Gasteiger partial charge in [-0.15, -0.1) is 0 Å². The molecule has 0 spiro atoms. The molecule has 1 aromatic heterocycles. The van der Waals surface area contributed by atoms with Crippen LogP contribution in [-0.2, 0) is 16.6 Å². The molecule has 130 valence electrons. The molecule has 1 aliphatic rings. The number of nitrogens with one attached hydrogen (secondary N) is 2. The number of rotatable bonds is 4. The van der Waals surface area contributed by atoms with Gasteiger partial charge in [0, 0.05) is 36.7 Å². The van der Waals surface area contributed by atoms with Gasteiger partial charge in [0.05, 0.1) is 0 Å². The Morgan fingerprint density at radius 3 is 2.60 bits per heavy atom. The fraction of sp³-hybridized carbons (Fsp3) is 0.333. The lowest BCUT2D eigenvalue weighted by atomic mass is 10.1. The zero-order valence-corrected chi connectivity index (χ0v) is 14.0. The highest BCUT2D eigenvalue weighted by molar-refractivity contribution is 6.39. The van der Waals surface area contributed by atoms with Crippen LogP contribution in [0.3, 0.4) is 0 Å². The van der Waals surface area contributed by atoms with Crippen molar-refractivity contribution in [1.82, 2.24) is 14.9 Å². The van der Waals surface area contributed by atoms with E-state index >= 15 is 0 Å². The van der Waals surface area contributed by atoms with E-state index in [1.165, 1.54) is 6.07 Å². The Morgan fingerprint density at radius 1 is 1.16 bits per heavy atom. The normalized spacial score (nSPS) is 14.3. The van der Waals surface area contributed by atoms with Crippen molar-refractivity contribution in [2.24, 2.45) is 7.05 Å². The summed E-state index contributed by atoms with van der Waals surface area (Å²) in [6, 6.07) is 6.55. The molecule has 1 fully saturated rings. The highest BCUT2D eigenvalue weighted by atomic mass is 16.2. The fourth-order valence-electron chi connectivity index (χ4n) is 2.96. The number of ketones is 1. The summed E-state index contributed by atoms with van der Waals surface area (Å²) in [6.07, 6.45) is 7.20. The van der Waals surface area contributed by atoms with Crippen LogP contribution in [0.5, 0.6) is 0 Å². The Bertz CT molecular complexity index is 806. The molecule has 0 aliphatic heterocycles. The van der Waals surface area contributed by atoms with Crippen LogP contribution in [0, 0.1) is 0 Å². The molecule has 0 unspecified atom stereocenters. The molecular formula is C18H20N4O3. The lowest BCUT2D eigenvalue weighted by molar-refractivity contribution is -0.136. The van der Waals surface area contributed by atoms with E-state index in [1.807, 2.05) is 0 Å². The Hall–Kier alpha value is -2.96. The molecule has 1 saturated carbocycles. The maximum absolute atomic E-state index is 12.5. The highest BCUT2D eigenvalue weighted by Gasteiger charge is 2.22. The number of carbonyl (C=O) groups is 3. The third-order valence-electron chi connectivity index (χ3n) is 4.30. The smallest absolute Gasteiger partial charge is 0.313 e. The molecule has 2 N–H and O–H groups in total. The van der Waals surface area contributed by atoms with E-state index in [0.717, 1.165) is 25.7 Å². The summed E-state index contributed by atoms with van der Waals surface area (Å²) >= 11 is 0. The zero-order valence-electron chi connectivity index (χ0n) is 14.0. The van der Waals surface area contributed by atoms with Crippen LogP contribution in [0.4, 0.5) is 5.69 Å². The summed E-state index contributed by atoms with van der Waals surface area (Å²) in [4.78, 5) is 40.5. The van der Waals surface area contributed by atoms with Gasteiger partial charge in [0.15, 0.2) is 5.82 Å². The quantitative estimate of drug-likeness (QED) is 0.654. The molecule has 25 heavy (non-hydrogen) atoms. The Balaban J connectivity index is 1.67. The van der Waals surface area contributed by atoms with Crippen molar-refractivity contribution in [2.45, 2.75) is 31.7 Å². The van der Waals surface area contributed by atoms with Crippen molar-refractivity contribution >= 4 is 23.3 Å². The molecule has 1 aromatic carbocycles. The molecule has 0 bridgehead atoms. The number of hydrogen-bond donors (Lipinski definition) is 2. The summed E-state index contributed by atoms with van der Waals surface area (Å²) < 4.78 is 1.63. The summed E-state index contributed by atoms with van der Waals surface area (Å²) in [7, 11) is 1.74. The van der Waals surface area contributed by atoms with Gasteiger partial charge in [-0.05, 0) is 25.0 Å². The van der Waals surface area contributed by atoms with Crippen molar-refractivity contribution in [3.05, 3.63) is 48.0 Å². The van der Waals surface area contributed by atoms with E-state index in [2.05, 4.69) is 15.6 Å². The molecule has 7 nitrogen and oxygen atoms in total. The Kier molecular flexibility index (Phi) is 4.92. The van der Waals surface area contributed by atoms with Gasteiger partial charge in [-0.1, -0.05) is 25.0 Å². The molecular weight excluding hydrogens is 320 g/mol. The van der Waals surface area contributed by atoms with E-state index < -0.39 is 11.8 Å². The minimum atomic E-state index is -0.728. The Morgan fingerprint density at radius 2 is 1.92 bits per heavy atom. The third kappa shape index (κ3) is 3.93. The second-order valence-corrected chi connectivity index (χ2v) is 6.18. The van der Waals surface area contributed by atoms with E-state index in [4.69, 9.17) is 0 Å². The molecule has 1 aliphatic carbocycles. The highest BCUT2D eigenvalue weighted by Crippen LogP contribution is 2.18. The molecule has 0 radical (unpaired) electrons. The minimum absolute atomic E-state index is 0.0783. The number of aromatic nitrogens is 2. The predicted molar refractivity (Wildman–Crippen MR) is 92.1 cm³/mol. The van der Waals surface area contributed by atoms with Gasteiger partial charge >= 0.3 is 11.8 Å². The largest absolute Gasteiger partial charge is 0.345 e. The number of imidazole rings is 1. The lowest BCUT2D eigenvalue weighted by Crippen LogP contribution is -2.40. The molecule has 0 atom stereocenters. The van der Waals surface area contributed by atoms with E-state index in [9.17, 15) is 14.4 Å². The van der Waals surface area contributed by atoms with Crippen LogP contribution in [0.25, 0.3) is 0 Å². The second-order valence-electron chi connectivity index (χ2n) is 6.18. The standard InChI is InChI=1S/C18H20N4O3/c1-22-10-9-19-16(22)15(23)12-5-4-8-14(11-12)21-18(25)17(24)20-13-6-2-3-7-13/h4-5,8-11,13H,2-3,6-7H2,1H3,(H,20,24)(H,21,25). The second kappa shape index (κ2) is 7.29. The third-order valence-corrected chi connectivity index (χ3v) is 4.30. The van der Waals surface area contributed by atoms with Crippen LogP contribution in [0.2, 0.25) is 0 Å². The minimum Gasteiger partial charge on any atom is -0.345 e. The van der Waals surface area contributed by atoms with Crippen molar-refractivity contribution in [1.29, 1.82) is 0 Å². The van der Waals surface area contributed by atoms with Gasteiger partial charge in [-0.3, -0.25) is 14.4 Å². The molecule has 1 heterocycles. The summed E-state index contributed by atoms with van der Waals surface area (Å²) in [5, 5.41) is 5.28. The molecule has 3 rings (SSSR count). The first-order chi connectivity index (χ1) is 12.0. The number of hydrogen-bond acceptors (Lipinski definition) is 4. The van der Waals surface area contributed by atoms with Crippen LogP contribution in [-0.4, -0.2) is 33.2 Å². The number of aryl methyl sites for hydroxylation is 1. The predicted octanol–water partition coefficient (Wildman–Crippen LogP) is 1.65. The van der Waals surface area contributed by atoms with Gasteiger partial charge in [0.1, 0.15) is 0 Å². The fourth-order valence-corrected chi connectivity index (χ4v) is 2.96. The molecule has 2 aromatic rings. The maximum atomic E-state index is 12.5. The summed E-state index contributed by atoms with van der Waals surface area (Å²) in [5.74, 6) is -1.32. The van der Waals surface area contributed by atoms with Crippen molar-refractivity contribution in [3.63, 3.8) is 0 Å². The lowest BCUT2D eigenvalue weighted by Gasteiger charge is -2.12. The number of nitrogens with zero attached hydrogens (tertiary/aromatic N) is 2. The zero-order chi connectivity index (χ0) is 17.8. The monoisotopic (exact) mass is 340 g/mol. The summed E-state index contributed by atoms with van der Waals surface area (Å²) in [5.41, 5.74) is 0.787. The molecule has 2 amide bonds. The number of anilines is 1. The van der Waals surface area contributed by atoms with Crippen molar-refractivity contribution in [3.8, 4) is 0 Å². The number of carbonyl (C=O) groups excluding carboxylic acids is 3. The van der Waals surface area contributed by atoms with Crippen LogP contribution in [0.15, 0.2) is 36.7 Å². The van der Waals surface area contributed by atoms with Gasteiger partial charge in [0.2, 0.25) is 5.78 Å². The Labute approximate surface area is 145 Å². The number of benzene rings is 1. The molecule has 0 saturated heterocycles. The van der Waals surface area contributed by atoms with Gasteiger partial charge in [-0.25, -0.2) is 4.98 Å². The average Bonchev–Trinajstić information content (AvgIpc) is 3.26. The van der Waals surface area contributed by atoms with Crippen LogP contribution < -0.4 is 10.6 Å². The first-order valence-electron chi connectivity index (χ1n) is 8.28. The molecule has 7 heteroatoms. The first kappa shape index (κ1) is 16.9. The van der Waals surface area contributed by atoms with Crippen LogP contribution in [0.1, 0.15) is 41.9 Å². The van der Waals surface area contributed by atoms with Gasteiger partial charge in [0.25, 0.3) is 0 Å². The number of amides is 2. The van der Waals surface area contributed by atoms with Crippen molar-refractivity contribution < 1.29 is 14.4 Å². The SMILES string of the molecule is Cn1ccnc1C(=O)c1cccc(NC(=O)C(=O)NC2CCCC2)c1. The van der Waals surface area contributed by atoms with Gasteiger partial charge < -0.3 is 15.2 Å². The maximum Gasteiger partial charge on any atom is 0.313 e. The van der Waals surface area contributed by atoms with E-state index in [-0.39, 0.29) is 11.8 Å². The average molecular weight is 340 g/mol. The first-order valence-corrected chi connectivity index (χ1v) is 8.28. The van der Waals surface area contributed by atoms with Crippen LogP contribution >= 0.6 is 0 Å². The summed E-state index contributed by atoms with van der Waals surface area (Å²) in [6.45, 7) is 0. The van der Waals surface area contributed by atoms with Crippen molar-refractivity contribution in [2.75, 3.05) is 5.32 Å². The van der Waals surface area contributed by atoms with E-state index in [0.29, 0.717) is 17.1 Å².